The van der Waals surface area contributed by atoms with E-state index in [1.165, 1.54) is 6.08 Å². The number of carbonyl (C=O) groups excluding carboxylic acids is 4. The number of aliphatic hydroxyl groups excluding tert-OH is 8. The predicted octanol–water partition coefficient (Wildman–Crippen LogP) is -1.90. The molecular weight excluding hydrogens is 868 g/mol. The van der Waals surface area contributed by atoms with E-state index in [1.54, 1.807) is 19.9 Å². The lowest BCUT2D eigenvalue weighted by molar-refractivity contribution is -0.327. The molecule has 3 saturated heterocycles. The van der Waals surface area contributed by atoms with Crippen LogP contribution in [0.15, 0.2) is 47.0 Å². The van der Waals surface area contributed by atoms with Crippen molar-refractivity contribution >= 4 is 23.9 Å². The second-order valence-corrected chi connectivity index (χ2v) is 17.0. The lowest BCUT2D eigenvalue weighted by Gasteiger charge is -2.42. The summed E-state index contributed by atoms with van der Waals surface area (Å²) in [5.41, 5.74) is 0.476. The molecule has 19 atom stereocenters. The summed E-state index contributed by atoms with van der Waals surface area (Å²) in [4.78, 5) is 53.9. The van der Waals surface area contributed by atoms with Gasteiger partial charge in [0.15, 0.2) is 12.6 Å². The topological polar surface area (TPSA) is 322 Å². The fourth-order valence-corrected chi connectivity index (χ4v) is 9.33. The van der Waals surface area contributed by atoms with E-state index in [2.05, 4.69) is 0 Å². The minimum atomic E-state index is -1.76. The normalized spacial score (nSPS) is 41.6. The highest BCUT2D eigenvalue weighted by Crippen LogP contribution is 2.46. The molecule has 1 aliphatic carbocycles. The van der Waals surface area contributed by atoms with E-state index in [9.17, 15) is 60.0 Å². The summed E-state index contributed by atoms with van der Waals surface area (Å²) in [5.74, 6) is -6.18. The molecule has 0 aromatic rings. The van der Waals surface area contributed by atoms with Gasteiger partial charge in [0.2, 0.25) is 12.6 Å². The quantitative estimate of drug-likeness (QED) is 0.0602. The van der Waals surface area contributed by atoms with Crippen LogP contribution < -0.4 is 0 Å². The molecule has 0 aromatic heterocycles. The van der Waals surface area contributed by atoms with Crippen molar-refractivity contribution in [1.29, 1.82) is 0 Å². The number of esters is 4. The first-order valence-electron chi connectivity index (χ1n) is 21.5. The van der Waals surface area contributed by atoms with Crippen LogP contribution in [0, 0.1) is 35.5 Å². The lowest BCUT2D eigenvalue weighted by atomic mass is 9.83. The van der Waals surface area contributed by atoms with Crippen LogP contribution in [-0.4, -0.2) is 178 Å². The van der Waals surface area contributed by atoms with Gasteiger partial charge in [0.1, 0.15) is 54.9 Å². The number of hydrogen-bond acceptors (Lipinski definition) is 22. The van der Waals surface area contributed by atoms with Crippen LogP contribution in [0.2, 0.25) is 0 Å². The maximum absolute atomic E-state index is 13.9. The van der Waals surface area contributed by atoms with Crippen molar-refractivity contribution in [3.05, 3.63) is 47.0 Å². The van der Waals surface area contributed by atoms with Gasteiger partial charge in [0.05, 0.1) is 70.0 Å². The van der Waals surface area contributed by atoms with Gasteiger partial charge >= 0.3 is 23.9 Å². The maximum Gasteiger partial charge on any atom is 0.338 e. The Hall–Kier alpha value is -4.04. The zero-order valence-electron chi connectivity index (χ0n) is 36.5. The molecule has 4 fully saturated rings. The highest BCUT2D eigenvalue weighted by Gasteiger charge is 2.51. The van der Waals surface area contributed by atoms with Gasteiger partial charge in [-0.15, -0.1) is 0 Å². The Morgan fingerprint density at radius 3 is 1.95 bits per heavy atom. The van der Waals surface area contributed by atoms with E-state index < -0.39 is 135 Å². The second-order valence-electron chi connectivity index (χ2n) is 17.0. The number of hydrogen-bond donors (Lipinski definition) is 8. The molecule has 0 aromatic carbocycles. The Kier molecular flexibility index (Phi) is 16.8. The third kappa shape index (κ3) is 10.6. The van der Waals surface area contributed by atoms with Crippen molar-refractivity contribution in [3.63, 3.8) is 0 Å². The van der Waals surface area contributed by atoms with Crippen molar-refractivity contribution in [2.75, 3.05) is 33.5 Å². The minimum absolute atomic E-state index is 0.00501. The highest BCUT2D eigenvalue weighted by molar-refractivity contribution is 5.91. The molecule has 1 saturated carbocycles. The van der Waals surface area contributed by atoms with E-state index in [4.69, 9.17) is 47.4 Å². The van der Waals surface area contributed by atoms with Gasteiger partial charge in [-0.1, -0.05) is 26.0 Å². The number of allylic oxidation sites excluding steroid dienone is 2. The molecule has 5 heterocycles. The average Bonchev–Trinajstić information content (AvgIpc) is 3.60. The summed E-state index contributed by atoms with van der Waals surface area (Å²) in [6.45, 7) is 5.37. The van der Waals surface area contributed by atoms with Crippen LogP contribution in [0.1, 0.15) is 47.0 Å². The number of methoxy groups -OCH3 is 1. The average molecular weight is 929 g/mol. The summed E-state index contributed by atoms with van der Waals surface area (Å²) < 4.78 is 56.6. The van der Waals surface area contributed by atoms with Crippen molar-refractivity contribution in [3.8, 4) is 0 Å². The molecule has 22 heteroatoms. The van der Waals surface area contributed by atoms with Crippen LogP contribution in [0.3, 0.4) is 0 Å². The van der Waals surface area contributed by atoms with Crippen molar-refractivity contribution in [2.24, 2.45) is 35.5 Å². The molecule has 0 radical (unpaired) electrons. The SMILES string of the molecule is C/C=C1/[C@H](O[C@@H]2O[C@H](CO)[C@@H](O)[C@H](O)[C@H]2O)OC=C(C(=O)OC)[C@H]1CC(=O)OC[C@H](C)[C@@H]1C[C@H]2OC(=O)C3=CO[C@@H](O[C@@H]4O[C@H](CO)[C@@H](O)[C@H](O)[C@H]4O)/C(=C/C)[C@@H]3CC(=O)OC[C@@H]1[C@H]2C. The molecule has 0 spiro atoms. The fourth-order valence-electron chi connectivity index (χ4n) is 9.33. The molecule has 5 aliphatic heterocycles. The number of fused-ring (bicyclic) bond motifs is 3. The monoisotopic (exact) mass is 928 g/mol. The molecule has 2 bridgehead atoms. The molecule has 22 nitrogen and oxygen atoms in total. The zero-order chi connectivity index (χ0) is 47.4. The first-order chi connectivity index (χ1) is 31.0. The van der Waals surface area contributed by atoms with Crippen molar-refractivity contribution < 1.29 is 107 Å². The van der Waals surface area contributed by atoms with E-state index >= 15 is 0 Å². The Morgan fingerprint density at radius 2 is 1.40 bits per heavy atom. The smallest absolute Gasteiger partial charge is 0.338 e. The van der Waals surface area contributed by atoms with Crippen molar-refractivity contribution in [1.82, 2.24) is 0 Å². The van der Waals surface area contributed by atoms with E-state index in [0.29, 0.717) is 6.42 Å². The highest BCUT2D eigenvalue weighted by atomic mass is 16.8. The summed E-state index contributed by atoms with van der Waals surface area (Å²) >= 11 is 0. The molecule has 364 valence electrons. The summed E-state index contributed by atoms with van der Waals surface area (Å²) in [6, 6.07) is 0. The third-order valence-corrected chi connectivity index (χ3v) is 13.3. The molecule has 0 unspecified atom stereocenters. The van der Waals surface area contributed by atoms with Crippen LogP contribution >= 0.6 is 0 Å². The van der Waals surface area contributed by atoms with E-state index in [-0.39, 0.29) is 65.6 Å². The molecule has 6 rings (SSSR count). The zero-order valence-corrected chi connectivity index (χ0v) is 36.5. The van der Waals surface area contributed by atoms with Gasteiger partial charge in [-0.3, -0.25) is 9.59 Å². The van der Waals surface area contributed by atoms with E-state index in [0.717, 1.165) is 19.6 Å². The Morgan fingerprint density at radius 1 is 0.831 bits per heavy atom. The Labute approximate surface area is 373 Å². The summed E-state index contributed by atoms with van der Waals surface area (Å²) in [6.07, 6.45) is -14.4. The largest absolute Gasteiger partial charge is 0.468 e. The first-order valence-corrected chi connectivity index (χ1v) is 21.5. The number of cyclic esters (lactones) is 1. The Bertz CT molecular complexity index is 1840. The minimum Gasteiger partial charge on any atom is -0.468 e. The van der Waals surface area contributed by atoms with Gasteiger partial charge < -0.3 is 88.2 Å². The molecule has 8 N–H and O–H groups in total. The molecule has 0 amide bonds. The lowest BCUT2D eigenvalue weighted by Crippen LogP contribution is -2.60. The number of rotatable bonds is 12. The van der Waals surface area contributed by atoms with Gasteiger partial charge in [0, 0.05) is 28.9 Å². The predicted molar refractivity (Wildman–Crippen MR) is 213 cm³/mol. The summed E-state index contributed by atoms with van der Waals surface area (Å²) in [7, 11) is 1.15. The first kappa shape index (κ1) is 50.4. The summed E-state index contributed by atoms with van der Waals surface area (Å²) in [5, 5.41) is 81.3. The standard InChI is InChI=1S/C43H60O22/c1-6-19-22(25(38(54)56-5)15-59-40(19)64-42-36(52)34(50)32(48)28(11-44)62-42)9-30(46)57-13-17(3)21-8-27-18(4)24(21)14-58-31(47)10-23-20(7-2)41(60-16-26(23)39(55)61-27)65-43-37(53)35(51)33(49)29(12-45)63-43/h6-7,15-18,21-24,27-29,32-37,40-45,48-53H,8-14H2,1-5H3/b19-6+,20-7+/t17-,18+,21-,22-,23-,24+,27+,28+,29+,32+,33+,34-,35-,36+,37+,40-,41-,42-,43-/m0/s1. The fraction of sp³-hybridized carbons (Fsp3) is 0.721. The number of carbonyl (C=O) groups is 4. The molecule has 6 aliphatic rings. The maximum atomic E-state index is 13.9. The van der Waals surface area contributed by atoms with Gasteiger partial charge in [-0.25, -0.2) is 9.59 Å². The molecule has 65 heavy (non-hydrogen) atoms. The van der Waals surface area contributed by atoms with Crippen LogP contribution in [0.5, 0.6) is 0 Å². The van der Waals surface area contributed by atoms with Gasteiger partial charge in [-0.05, 0) is 38.0 Å². The number of ether oxygens (including phenoxy) is 10. The second kappa shape index (κ2) is 21.7. The molecular formula is C43H60O22. The van der Waals surface area contributed by atoms with Crippen LogP contribution in [0.4, 0.5) is 0 Å². The van der Waals surface area contributed by atoms with Gasteiger partial charge in [0.25, 0.3) is 0 Å². The number of aliphatic hydroxyl groups is 8. The van der Waals surface area contributed by atoms with Crippen LogP contribution in [-0.2, 0) is 66.5 Å². The Balaban J connectivity index is 1.11. The van der Waals surface area contributed by atoms with E-state index in [1.807, 2.05) is 13.8 Å². The third-order valence-electron chi connectivity index (χ3n) is 13.3. The van der Waals surface area contributed by atoms with Crippen molar-refractivity contribution in [2.45, 2.75) is 127 Å². The van der Waals surface area contributed by atoms with Gasteiger partial charge in [-0.2, -0.15) is 0 Å². The van der Waals surface area contributed by atoms with Crippen LogP contribution in [0.25, 0.3) is 0 Å².